The van der Waals surface area contributed by atoms with Crippen molar-refractivity contribution < 1.29 is 5.11 Å². The summed E-state index contributed by atoms with van der Waals surface area (Å²) in [4.78, 5) is 24.9. The van der Waals surface area contributed by atoms with Crippen LogP contribution >= 0.6 is 11.3 Å². The molecule has 0 radical (unpaired) electrons. The highest BCUT2D eigenvalue weighted by molar-refractivity contribution is 7.18. The molecule has 2 heterocycles. The lowest BCUT2D eigenvalue weighted by Crippen LogP contribution is -2.32. The maximum Gasteiger partial charge on any atom is 0.259 e. The number of aliphatic hydroxyl groups excluding tert-OH is 1. The van der Waals surface area contributed by atoms with Crippen molar-refractivity contribution in [3.05, 3.63) is 62.5 Å². The second-order valence-corrected chi connectivity index (χ2v) is 8.70. The van der Waals surface area contributed by atoms with Gasteiger partial charge < -0.3 is 10.1 Å². The molecule has 0 amide bonds. The number of fused-ring (bicyclic) bond motifs is 3. The summed E-state index contributed by atoms with van der Waals surface area (Å²) in [5, 5.41) is 11.0. The summed E-state index contributed by atoms with van der Waals surface area (Å²) in [6, 6.07) is 10.2. The van der Waals surface area contributed by atoms with Crippen molar-refractivity contribution in [1.29, 1.82) is 0 Å². The fourth-order valence-electron chi connectivity index (χ4n) is 3.95. The van der Waals surface area contributed by atoms with Crippen LogP contribution in [0.3, 0.4) is 0 Å². The monoisotopic (exact) mass is 397 g/mol. The number of rotatable bonds is 7. The standard InChI is InChI=1S/C22H27N3O2S/c1-2-16(26)13-25(12-15-8-4-3-5-9-15)14-19-23-21(27)20-17-10-6-7-11-18(17)28-22(20)24-19/h3-5,8-9,16,26H,2,6-7,10-14H2,1H3,(H,23,24,27). The van der Waals surface area contributed by atoms with E-state index in [0.717, 1.165) is 29.5 Å². The fourth-order valence-corrected chi connectivity index (χ4v) is 5.23. The van der Waals surface area contributed by atoms with Crippen LogP contribution in [-0.4, -0.2) is 32.6 Å². The largest absolute Gasteiger partial charge is 0.392 e. The van der Waals surface area contributed by atoms with Gasteiger partial charge in [0.05, 0.1) is 18.0 Å². The highest BCUT2D eigenvalue weighted by Gasteiger charge is 2.20. The molecule has 0 saturated heterocycles. The van der Waals surface area contributed by atoms with Crippen molar-refractivity contribution in [1.82, 2.24) is 14.9 Å². The Labute approximate surface area is 169 Å². The van der Waals surface area contributed by atoms with E-state index in [4.69, 9.17) is 4.98 Å². The van der Waals surface area contributed by atoms with Crippen LogP contribution in [0.4, 0.5) is 0 Å². The van der Waals surface area contributed by atoms with E-state index in [-0.39, 0.29) is 5.56 Å². The predicted octanol–water partition coefficient (Wildman–Crippen LogP) is 3.64. The number of aromatic nitrogens is 2. The van der Waals surface area contributed by atoms with Gasteiger partial charge in [0.15, 0.2) is 0 Å². The van der Waals surface area contributed by atoms with Crippen molar-refractivity contribution in [2.45, 2.75) is 58.2 Å². The van der Waals surface area contributed by atoms with E-state index in [1.807, 2.05) is 25.1 Å². The van der Waals surface area contributed by atoms with Crippen LogP contribution in [-0.2, 0) is 25.9 Å². The van der Waals surface area contributed by atoms with Crippen molar-refractivity contribution in [2.75, 3.05) is 6.54 Å². The van der Waals surface area contributed by atoms with Gasteiger partial charge in [0.25, 0.3) is 5.56 Å². The summed E-state index contributed by atoms with van der Waals surface area (Å²) in [6.45, 7) is 3.75. The molecule has 1 aliphatic rings. The molecule has 3 aromatic rings. The molecular weight excluding hydrogens is 370 g/mol. The Bertz CT molecular complexity index is 996. The van der Waals surface area contributed by atoms with Crippen LogP contribution in [0.5, 0.6) is 0 Å². The maximum atomic E-state index is 12.8. The minimum absolute atomic E-state index is 0.0184. The Morgan fingerprint density at radius 3 is 2.79 bits per heavy atom. The van der Waals surface area contributed by atoms with Gasteiger partial charge in [0.2, 0.25) is 0 Å². The molecule has 4 rings (SSSR count). The molecule has 148 valence electrons. The smallest absolute Gasteiger partial charge is 0.259 e. The van der Waals surface area contributed by atoms with Gasteiger partial charge in [-0.15, -0.1) is 11.3 Å². The van der Waals surface area contributed by atoms with Gasteiger partial charge in [-0.1, -0.05) is 37.3 Å². The number of thiophene rings is 1. The first-order valence-corrected chi connectivity index (χ1v) is 10.9. The van der Waals surface area contributed by atoms with Gasteiger partial charge in [0.1, 0.15) is 10.7 Å². The summed E-state index contributed by atoms with van der Waals surface area (Å²) >= 11 is 1.68. The van der Waals surface area contributed by atoms with E-state index < -0.39 is 6.10 Å². The molecule has 2 aromatic heterocycles. The van der Waals surface area contributed by atoms with E-state index in [2.05, 4.69) is 22.0 Å². The zero-order chi connectivity index (χ0) is 19.5. The second kappa shape index (κ2) is 8.55. The summed E-state index contributed by atoms with van der Waals surface area (Å²) in [5.74, 6) is 0.676. The van der Waals surface area contributed by atoms with Crippen LogP contribution < -0.4 is 5.56 Å². The lowest BCUT2D eigenvalue weighted by atomic mass is 9.97. The zero-order valence-corrected chi connectivity index (χ0v) is 17.1. The Hall–Kier alpha value is -2.02. The summed E-state index contributed by atoms with van der Waals surface area (Å²) < 4.78 is 0. The second-order valence-electron chi connectivity index (χ2n) is 7.62. The number of hydrogen-bond donors (Lipinski definition) is 2. The van der Waals surface area contributed by atoms with Crippen LogP contribution in [0.25, 0.3) is 10.2 Å². The third kappa shape index (κ3) is 4.19. The van der Waals surface area contributed by atoms with Crippen LogP contribution in [0, 0.1) is 0 Å². The molecule has 1 atom stereocenters. The number of aliphatic hydroxyl groups is 1. The van der Waals surface area contributed by atoms with E-state index in [1.54, 1.807) is 11.3 Å². The molecule has 1 aliphatic carbocycles. The van der Waals surface area contributed by atoms with Gasteiger partial charge in [0, 0.05) is 18.0 Å². The highest BCUT2D eigenvalue weighted by Crippen LogP contribution is 2.33. The van der Waals surface area contributed by atoms with Gasteiger partial charge >= 0.3 is 0 Å². The van der Waals surface area contributed by atoms with Crippen molar-refractivity contribution in [3.63, 3.8) is 0 Å². The first-order valence-electron chi connectivity index (χ1n) is 10.1. The van der Waals surface area contributed by atoms with Gasteiger partial charge in [-0.3, -0.25) is 9.69 Å². The Balaban J connectivity index is 1.62. The van der Waals surface area contributed by atoms with Crippen LogP contribution in [0.2, 0.25) is 0 Å². The zero-order valence-electron chi connectivity index (χ0n) is 16.3. The quantitative estimate of drug-likeness (QED) is 0.639. The average molecular weight is 398 g/mol. The molecular formula is C22H27N3O2S. The minimum Gasteiger partial charge on any atom is -0.392 e. The number of H-pyrrole nitrogens is 1. The van der Waals surface area contributed by atoms with E-state index >= 15 is 0 Å². The minimum atomic E-state index is -0.395. The van der Waals surface area contributed by atoms with Gasteiger partial charge in [-0.2, -0.15) is 0 Å². The SMILES string of the molecule is CCC(O)CN(Cc1ccccc1)Cc1nc2sc3c(c2c(=O)[nH]1)CCCC3. The number of nitrogens with zero attached hydrogens (tertiary/aromatic N) is 2. The topological polar surface area (TPSA) is 69.2 Å². The summed E-state index contributed by atoms with van der Waals surface area (Å²) in [5.41, 5.74) is 2.38. The molecule has 0 bridgehead atoms. The van der Waals surface area contributed by atoms with E-state index in [9.17, 15) is 9.90 Å². The lowest BCUT2D eigenvalue weighted by molar-refractivity contribution is 0.1000. The Kier molecular flexibility index (Phi) is 5.90. The lowest BCUT2D eigenvalue weighted by Gasteiger charge is -2.24. The van der Waals surface area contributed by atoms with Crippen LogP contribution in [0.15, 0.2) is 35.1 Å². The van der Waals surface area contributed by atoms with Crippen LogP contribution in [0.1, 0.15) is 48.0 Å². The normalized spacial score (nSPS) is 15.1. The fraction of sp³-hybridized carbons (Fsp3) is 0.455. The van der Waals surface area contributed by atoms with Crippen molar-refractivity contribution in [2.24, 2.45) is 0 Å². The number of aromatic amines is 1. The summed E-state index contributed by atoms with van der Waals surface area (Å²) in [7, 11) is 0. The first-order chi connectivity index (χ1) is 13.6. The molecule has 28 heavy (non-hydrogen) atoms. The number of nitrogens with one attached hydrogen (secondary N) is 1. The molecule has 6 heteroatoms. The Morgan fingerprint density at radius 1 is 1.21 bits per heavy atom. The maximum absolute atomic E-state index is 12.8. The third-order valence-electron chi connectivity index (χ3n) is 5.44. The van der Waals surface area contributed by atoms with E-state index in [0.29, 0.717) is 31.9 Å². The van der Waals surface area contributed by atoms with Crippen molar-refractivity contribution >= 4 is 21.6 Å². The number of benzene rings is 1. The number of hydrogen-bond acceptors (Lipinski definition) is 5. The molecule has 2 N–H and O–H groups in total. The molecule has 0 fully saturated rings. The molecule has 1 aromatic carbocycles. The predicted molar refractivity (Wildman–Crippen MR) is 114 cm³/mol. The van der Waals surface area contributed by atoms with Gasteiger partial charge in [-0.05, 0) is 43.2 Å². The molecule has 5 nitrogen and oxygen atoms in total. The third-order valence-corrected chi connectivity index (χ3v) is 6.62. The molecule has 1 unspecified atom stereocenters. The van der Waals surface area contributed by atoms with Crippen molar-refractivity contribution in [3.8, 4) is 0 Å². The van der Waals surface area contributed by atoms with Gasteiger partial charge in [-0.25, -0.2) is 4.98 Å². The van der Waals surface area contributed by atoms with E-state index in [1.165, 1.54) is 22.4 Å². The Morgan fingerprint density at radius 2 is 2.00 bits per heavy atom. The molecule has 0 aliphatic heterocycles. The molecule has 0 spiro atoms. The first kappa shape index (κ1) is 19.3. The number of aryl methyl sites for hydroxylation is 2. The molecule has 0 saturated carbocycles. The highest BCUT2D eigenvalue weighted by atomic mass is 32.1. The summed E-state index contributed by atoms with van der Waals surface area (Å²) in [6.07, 6.45) is 4.71. The average Bonchev–Trinajstić information content (AvgIpc) is 3.07.